The van der Waals surface area contributed by atoms with Gasteiger partial charge >= 0.3 is 5.97 Å². The van der Waals surface area contributed by atoms with Crippen molar-refractivity contribution < 1.29 is 18.7 Å². The minimum absolute atomic E-state index is 0.0395. The molecular formula is C19H26N2O4. The van der Waals surface area contributed by atoms with E-state index in [1.807, 2.05) is 49.9 Å². The van der Waals surface area contributed by atoms with E-state index in [9.17, 15) is 9.59 Å². The summed E-state index contributed by atoms with van der Waals surface area (Å²) in [5.41, 5.74) is 1.40. The first-order valence-electron chi connectivity index (χ1n) is 8.65. The summed E-state index contributed by atoms with van der Waals surface area (Å²) in [5, 5.41) is 3.76. The largest absolute Gasteiger partial charge is 0.460 e. The third-order valence-corrected chi connectivity index (χ3v) is 3.80. The van der Waals surface area contributed by atoms with Gasteiger partial charge in [0.15, 0.2) is 0 Å². The van der Waals surface area contributed by atoms with Crippen molar-refractivity contribution in [3.05, 3.63) is 35.6 Å². The number of furan rings is 1. The normalized spacial score (nSPS) is 11.3. The molecule has 6 heteroatoms. The number of esters is 1. The Kier molecular flexibility index (Phi) is 6.58. The van der Waals surface area contributed by atoms with Crippen LogP contribution in [0.5, 0.6) is 0 Å². The van der Waals surface area contributed by atoms with E-state index in [1.165, 1.54) is 0 Å². The van der Waals surface area contributed by atoms with Crippen molar-refractivity contribution in [1.29, 1.82) is 0 Å². The Labute approximate surface area is 148 Å². The molecule has 25 heavy (non-hydrogen) atoms. The Morgan fingerprint density at radius 3 is 2.60 bits per heavy atom. The molecule has 136 valence electrons. The predicted molar refractivity (Wildman–Crippen MR) is 96.4 cm³/mol. The molecule has 0 spiro atoms. The van der Waals surface area contributed by atoms with Gasteiger partial charge in [-0.2, -0.15) is 0 Å². The maximum Gasteiger partial charge on any atom is 0.374 e. The van der Waals surface area contributed by atoms with Gasteiger partial charge in [-0.25, -0.2) is 4.79 Å². The van der Waals surface area contributed by atoms with E-state index in [2.05, 4.69) is 5.32 Å². The molecule has 0 aliphatic rings. The number of amides is 1. The molecule has 0 saturated carbocycles. The highest BCUT2D eigenvalue weighted by atomic mass is 16.5. The van der Waals surface area contributed by atoms with Crippen LogP contribution >= 0.6 is 0 Å². The Balaban J connectivity index is 2.29. The summed E-state index contributed by atoms with van der Waals surface area (Å²) < 4.78 is 10.8. The Morgan fingerprint density at radius 2 is 1.96 bits per heavy atom. The number of carbonyl (C=O) groups excluding carboxylic acids is 2. The van der Waals surface area contributed by atoms with Crippen LogP contribution in [0.25, 0.3) is 11.0 Å². The molecule has 6 nitrogen and oxygen atoms in total. The number of para-hydroxylation sites is 1. The molecule has 1 aromatic carbocycles. The van der Waals surface area contributed by atoms with E-state index in [0.717, 1.165) is 10.9 Å². The van der Waals surface area contributed by atoms with Gasteiger partial charge in [-0.1, -0.05) is 25.1 Å². The van der Waals surface area contributed by atoms with Gasteiger partial charge in [0.2, 0.25) is 11.7 Å². The number of rotatable bonds is 8. The molecule has 0 radical (unpaired) electrons. The van der Waals surface area contributed by atoms with E-state index >= 15 is 0 Å². The molecule has 1 aromatic heterocycles. The van der Waals surface area contributed by atoms with E-state index in [-0.39, 0.29) is 30.9 Å². The molecule has 0 unspecified atom stereocenters. The summed E-state index contributed by atoms with van der Waals surface area (Å²) in [6.45, 7) is 9.25. The fraction of sp³-hybridized carbons (Fsp3) is 0.474. The summed E-state index contributed by atoms with van der Waals surface area (Å²) in [4.78, 5) is 26.3. The summed E-state index contributed by atoms with van der Waals surface area (Å²) >= 11 is 0. The fourth-order valence-electron chi connectivity index (χ4n) is 2.69. The number of hydrogen-bond donors (Lipinski definition) is 1. The van der Waals surface area contributed by atoms with Crippen LogP contribution in [0.15, 0.2) is 28.7 Å². The number of likely N-dealkylation sites (N-methyl/N-ethyl adjacent to an activating group) is 1. The smallest absolute Gasteiger partial charge is 0.374 e. The minimum atomic E-state index is -0.476. The maximum absolute atomic E-state index is 12.3. The highest BCUT2D eigenvalue weighted by molar-refractivity contribution is 5.96. The van der Waals surface area contributed by atoms with Crippen molar-refractivity contribution in [3.8, 4) is 0 Å². The standard InChI is InChI=1S/C19H26N2O4/c1-5-21(12-17(22)20-13(3)4)11-15-14-9-7-8-10-16(14)25-18(15)19(23)24-6-2/h7-10,13H,5-6,11-12H2,1-4H3,(H,20,22). The maximum atomic E-state index is 12.3. The van der Waals surface area contributed by atoms with Crippen molar-refractivity contribution in [3.63, 3.8) is 0 Å². The van der Waals surface area contributed by atoms with Crippen molar-refractivity contribution in [2.75, 3.05) is 19.7 Å². The Hall–Kier alpha value is -2.34. The molecule has 0 saturated heterocycles. The van der Waals surface area contributed by atoms with Crippen LogP contribution in [0.1, 0.15) is 43.8 Å². The Morgan fingerprint density at radius 1 is 1.24 bits per heavy atom. The lowest BCUT2D eigenvalue weighted by molar-refractivity contribution is -0.122. The molecule has 0 atom stereocenters. The zero-order valence-electron chi connectivity index (χ0n) is 15.3. The average Bonchev–Trinajstić information content (AvgIpc) is 2.92. The lowest BCUT2D eigenvalue weighted by Gasteiger charge is -2.20. The second-order valence-corrected chi connectivity index (χ2v) is 6.15. The molecule has 0 bridgehead atoms. The zero-order chi connectivity index (χ0) is 18.4. The molecule has 1 amide bonds. The van der Waals surface area contributed by atoms with Crippen LogP contribution in [0.4, 0.5) is 0 Å². The van der Waals surface area contributed by atoms with Crippen molar-refractivity contribution in [2.24, 2.45) is 0 Å². The molecular weight excluding hydrogens is 320 g/mol. The lowest BCUT2D eigenvalue weighted by atomic mass is 10.1. The molecule has 0 aliphatic carbocycles. The van der Waals surface area contributed by atoms with Gasteiger partial charge in [-0.15, -0.1) is 0 Å². The number of carbonyl (C=O) groups is 2. The number of nitrogens with zero attached hydrogens (tertiary/aromatic N) is 1. The van der Waals surface area contributed by atoms with Crippen LogP contribution in [0.2, 0.25) is 0 Å². The quantitative estimate of drug-likeness (QED) is 0.744. The molecule has 1 N–H and O–H groups in total. The molecule has 2 rings (SSSR count). The number of fused-ring (bicyclic) bond motifs is 1. The number of hydrogen-bond acceptors (Lipinski definition) is 5. The van der Waals surface area contributed by atoms with Crippen LogP contribution in [-0.4, -0.2) is 42.5 Å². The van der Waals surface area contributed by atoms with Gasteiger partial charge in [-0.05, 0) is 33.4 Å². The third-order valence-electron chi connectivity index (χ3n) is 3.80. The van der Waals surface area contributed by atoms with Gasteiger partial charge in [0, 0.05) is 23.5 Å². The van der Waals surface area contributed by atoms with Gasteiger partial charge in [0.1, 0.15) is 5.58 Å². The second kappa shape index (κ2) is 8.67. The number of ether oxygens (including phenoxy) is 1. The van der Waals surface area contributed by atoms with E-state index < -0.39 is 5.97 Å². The first kappa shape index (κ1) is 19.0. The third kappa shape index (κ3) is 4.82. The van der Waals surface area contributed by atoms with E-state index in [1.54, 1.807) is 6.92 Å². The van der Waals surface area contributed by atoms with Gasteiger partial charge in [0.05, 0.1) is 13.2 Å². The summed E-state index contributed by atoms with van der Waals surface area (Å²) in [6, 6.07) is 7.59. The van der Waals surface area contributed by atoms with Crippen LogP contribution < -0.4 is 5.32 Å². The summed E-state index contributed by atoms with van der Waals surface area (Å²) in [6.07, 6.45) is 0. The van der Waals surface area contributed by atoms with Crippen molar-refractivity contribution >= 4 is 22.8 Å². The number of benzene rings is 1. The highest BCUT2D eigenvalue weighted by Crippen LogP contribution is 2.27. The predicted octanol–water partition coefficient (Wildman–Crippen LogP) is 2.96. The van der Waals surface area contributed by atoms with Crippen LogP contribution in [0, 0.1) is 0 Å². The lowest BCUT2D eigenvalue weighted by Crippen LogP contribution is -2.39. The molecule has 0 aliphatic heterocycles. The van der Waals surface area contributed by atoms with Crippen LogP contribution in [-0.2, 0) is 16.1 Å². The first-order valence-corrected chi connectivity index (χ1v) is 8.65. The molecule has 1 heterocycles. The Bertz CT molecular complexity index is 736. The minimum Gasteiger partial charge on any atom is -0.460 e. The highest BCUT2D eigenvalue weighted by Gasteiger charge is 2.23. The van der Waals surface area contributed by atoms with E-state index in [4.69, 9.17) is 9.15 Å². The van der Waals surface area contributed by atoms with Crippen molar-refractivity contribution in [1.82, 2.24) is 10.2 Å². The molecule has 0 fully saturated rings. The summed E-state index contributed by atoms with van der Waals surface area (Å²) in [7, 11) is 0. The first-order chi connectivity index (χ1) is 12.0. The molecule has 2 aromatic rings. The van der Waals surface area contributed by atoms with Crippen molar-refractivity contribution in [2.45, 2.75) is 40.3 Å². The topological polar surface area (TPSA) is 71.8 Å². The number of nitrogens with one attached hydrogen (secondary N) is 1. The van der Waals surface area contributed by atoms with Gasteiger partial charge < -0.3 is 14.5 Å². The second-order valence-electron chi connectivity index (χ2n) is 6.15. The summed E-state index contributed by atoms with van der Waals surface area (Å²) in [5.74, 6) is -0.301. The fourth-order valence-corrected chi connectivity index (χ4v) is 2.69. The zero-order valence-corrected chi connectivity index (χ0v) is 15.3. The van der Waals surface area contributed by atoms with E-state index in [0.29, 0.717) is 18.7 Å². The van der Waals surface area contributed by atoms with Gasteiger partial charge in [-0.3, -0.25) is 9.69 Å². The van der Waals surface area contributed by atoms with Gasteiger partial charge in [0.25, 0.3) is 0 Å². The van der Waals surface area contributed by atoms with Crippen LogP contribution in [0.3, 0.4) is 0 Å². The monoisotopic (exact) mass is 346 g/mol. The SMILES string of the molecule is CCOC(=O)c1oc2ccccc2c1CN(CC)CC(=O)NC(C)C. The average molecular weight is 346 g/mol.